The Bertz CT molecular complexity index is 854. The molecule has 0 saturated heterocycles. The van der Waals surface area contributed by atoms with Crippen LogP contribution in [0.5, 0.6) is 0 Å². The second-order valence-corrected chi connectivity index (χ2v) is 7.35. The molecule has 1 aromatic carbocycles. The molecule has 26 heavy (non-hydrogen) atoms. The highest BCUT2D eigenvalue weighted by atomic mass is 32.1. The number of thiazole rings is 1. The molecule has 1 saturated carbocycles. The number of nitro benzene ring substituents is 1. The van der Waals surface area contributed by atoms with Crippen molar-refractivity contribution in [3.05, 3.63) is 44.6 Å². The summed E-state index contributed by atoms with van der Waals surface area (Å²) in [6, 6.07) is 6.63. The van der Waals surface area contributed by atoms with Crippen LogP contribution in [-0.4, -0.2) is 21.9 Å². The van der Waals surface area contributed by atoms with Crippen LogP contribution < -0.4 is 4.80 Å². The summed E-state index contributed by atoms with van der Waals surface area (Å²) in [6.07, 6.45) is 5.71. The number of rotatable bonds is 5. The number of hydrogen-bond donors (Lipinski definition) is 0. The Balaban J connectivity index is 1.97. The number of benzene rings is 1. The van der Waals surface area contributed by atoms with Crippen LogP contribution in [0.2, 0.25) is 0 Å². The lowest BCUT2D eigenvalue weighted by atomic mass is 9.86. The van der Waals surface area contributed by atoms with E-state index in [4.69, 9.17) is 5.10 Å². The van der Waals surface area contributed by atoms with Crippen molar-refractivity contribution in [1.82, 2.24) is 4.68 Å². The Morgan fingerprint density at radius 2 is 1.92 bits per heavy atom. The summed E-state index contributed by atoms with van der Waals surface area (Å²) < 4.78 is 1.91. The van der Waals surface area contributed by atoms with Crippen molar-refractivity contribution in [2.45, 2.75) is 46.0 Å². The van der Waals surface area contributed by atoms with E-state index in [2.05, 4.69) is 11.9 Å². The van der Waals surface area contributed by atoms with E-state index in [1.54, 1.807) is 23.5 Å². The predicted molar refractivity (Wildman–Crippen MR) is 106 cm³/mol. The van der Waals surface area contributed by atoms with Crippen LogP contribution in [0.3, 0.4) is 0 Å². The Labute approximate surface area is 157 Å². The third kappa shape index (κ3) is 4.09. The van der Waals surface area contributed by atoms with E-state index in [9.17, 15) is 10.1 Å². The molecule has 0 N–H and O–H groups in total. The van der Waals surface area contributed by atoms with Crippen LogP contribution >= 0.6 is 11.3 Å². The van der Waals surface area contributed by atoms with E-state index in [0.29, 0.717) is 6.54 Å². The maximum atomic E-state index is 10.9. The Morgan fingerprint density at radius 3 is 2.50 bits per heavy atom. The summed E-state index contributed by atoms with van der Waals surface area (Å²) >= 11 is 1.56. The number of non-ortho nitro benzene ring substituents is 1. The van der Waals surface area contributed by atoms with E-state index < -0.39 is 0 Å². The Morgan fingerprint density at radius 1 is 1.23 bits per heavy atom. The first kappa shape index (κ1) is 18.5. The van der Waals surface area contributed by atoms with Crippen LogP contribution in [0.25, 0.3) is 11.3 Å². The van der Waals surface area contributed by atoms with Crippen LogP contribution in [0.4, 0.5) is 5.69 Å². The third-order valence-corrected chi connectivity index (χ3v) is 5.71. The van der Waals surface area contributed by atoms with Crippen molar-refractivity contribution in [3.8, 4) is 11.3 Å². The second-order valence-electron chi connectivity index (χ2n) is 6.51. The Hall–Kier alpha value is -2.28. The van der Waals surface area contributed by atoms with Gasteiger partial charge in [-0.25, -0.2) is 4.68 Å². The minimum Gasteiger partial charge on any atom is -0.258 e. The van der Waals surface area contributed by atoms with E-state index in [-0.39, 0.29) is 10.6 Å². The highest BCUT2D eigenvalue weighted by Gasteiger charge is 2.17. The molecule has 0 bridgehead atoms. The summed E-state index contributed by atoms with van der Waals surface area (Å²) in [4.78, 5) is 15.9. The molecule has 6 nitrogen and oxygen atoms in total. The molecule has 0 spiro atoms. The van der Waals surface area contributed by atoms with Gasteiger partial charge in [0.1, 0.15) is 0 Å². The summed E-state index contributed by atoms with van der Waals surface area (Å²) in [7, 11) is 0. The molecular weight excluding hydrogens is 348 g/mol. The fraction of sp³-hybridized carbons (Fsp3) is 0.474. The lowest BCUT2D eigenvalue weighted by Gasteiger charge is -2.21. The standard InChI is InChI=1S/C19H24N4O2S/c1-3-14-5-9-16(10-6-14)21-22-18(13-26-19(22)20-4-2)15-7-11-17(12-8-15)23(24)25/h7-8,11-14H,3-6,9-10H2,1-2H3. The SMILES string of the molecule is CCN=c1scc(-c2ccc([N+](=O)[O-])cc2)n1N=C1CCC(CC)CC1. The zero-order valence-corrected chi connectivity index (χ0v) is 16.0. The minimum atomic E-state index is -0.379. The Kier molecular flexibility index (Phi) is 5.98. The lowest BCUT2D eigenvalue weighted by molar-refractivity contribution is -0.384. The van der Waals surface area contributed by atoms with Crippen LogP contribution in [-0.2, 0) is 0 Å². The molecule has 0 aliphatic heterocycles. The second kappa shape index (κ2) is 8.40. The molecule has 1 aromatic heterocycles. The molecule has 7 heteroatoms. The van der Waals surface area contributed by atoms with Gasteiger partial charge >= 0.3 is 0 Å². The molecule has 138 valence electrons. The van der Waals surface area contributed by atoms with E-state index in [1.807, 2.05) is 17.0 Å². The number of hydrogen-bond acceptors (Lipinski definition) is 5. The van der Waals surface area contributed by atoms with Crippen LogP contribution in [0, 0.1) is 16.0 Å². The van der Waals surface area contributed by atoms with Crippen molar-refractivity contribution >= 4 is 22.7 Å². The lowest BCUT2D eigenvalue weighted by Crippen LogP contribution is -2.19. The van der Waals surface area contributed by atoms with Crippen molar-refractivity contribution in [3.63, 3.8) is 0 Å². The van der Waals surface area contributed by atoms with Crippen LogP contribution in [0.1, 0.15) is 46.0 Å². The molecule has 1 heterocycles. The molecule has 0 radical (unpaired) electrons. The van der Waals surface area contributed by atoms with Gasteiger partial charge in [0.25, 0.3) is 5.69 Å². The van der Waals surface area contributed by atoms with Gasteiger partial charge in [-0.3, -0.25) is 15.1 Å². The molecule has 1 aliphatic carbocycles. The maximum Gasteiger partial charge on any atom is 0.269 e. The van der Waals surface area contributed by atoms with Gasteiger partial charge in [0.05, 0.1) is 10.6 Å². The first-order valence-corrected chi connectivity index (χ1v) is 10.0. The van der Waals surface area contributed by atoms with Gasteiger partial charge in [0.2, 0.25) is 4.80 Å². The first-order chi connectivity index (χ1) is 12.6. The van der Waals surface area contributed by atoms with Gasteiger partial charge in [-0.1, -0.05) is 13.3 Å². The smallest absolute Gasteiger partial charge is 0.258 e. The van der Waals surface area contributed by atoms with Crippen molar-refractivity contribution in [2.75, 3.05) is 6.54 Å². The zero-order valence-electron chi connectivity index (χ0n) is 15.2. The molecule has 0 unspecified atom stereocenters. The highest BCUT2D eigenvalue weighted by molar-refractivity contribution is 7.07. The topological polar surface area (TPSA) is 72.8 Å². The molecule has 1 aliphatic rings. The zero-order chi connectivity index (χ0) is 18.5. The number of nitro groups is 1. The summed E-state index contributed by atoms with van der Waals surface area (Å²) in [5.41, 5.74) is 3.16. The quantitative estimate of drug-likeness (QED) is 0.556. The van der Waals surface area contributed by atoms with Gasteiger partial charge < -0.3 is 0 Å². The van der Waals surface area contributed by atoms with Crippen molar-refractivity contribution < 1.29 is 4.92 Å². The maximum absolute atomic E-state index is 10.9. The molecule has 3 rings (SSSR count). The van der Waals surface area contributed by atoms with Gasteiger partial charge in [-0.15, -0.1) is 11.3 Å². The number of nitrogens with zero attached hydrogens (tertiary/aromatic N) is 4. The first-order valence-electron chi connectivity index (χ1n) is 9.15. The van der Waals surface area contributed by atoms with Crippen LogP contribution in [0.15, 0.2) is 39.7 Å². The predicted octanol–water partition coefficient (Wildman–Crippen LogP) is 4.85. The molecule has 1 fully saturated rings. The van der Waals surface area contributed by atoms with E-state index in [0.717, 1.165) is 34.8 Å². The summed E-state index contributed by atoms with van der Waals surface area (Å²) in [5.74, 6) is 0.815. The number of aromatic nitrogens is 1. The minimum absolute atomic E-state index is 0.0956. The van der Waals surface area contributed by atoms with Crippen molar-refractivity contribution in [2.24, 2.45) is 16.0 Å². The average molecular weight is 372 g/mol. The van der Waals surface area contributed by atoms with Gasteiger partial charge in [0.15, 0.2) is 0 Å². The third-order valence-electron chi connectivity index (χ3n) is 4.85. The molecular formula is C19H24N4O2S. The highest BCUT2D eigenvalue weighted by Crippen LogP contribution is 2.27. The average Bonchev–Trinajstić information content (AvgIpc) is 3.05. The summed E-state index contributed by atoms with van der Waals surface area (Å²) in [5, 5.41) is 17.8. The normalized spacial score (nSPS) is 18.2. The molecule has 0 amide bonds. The van der Waals surface area contributed by atoms with Gasteiger partial charge in [-0.2, -0.15) is 5.10 Å². The van der Waals surface area contributed by atoms with Crippen molar-refractivity contribution in [1.29, 1.82) is 0 Å². The van der Waals surface area contributed by atoms with E-state index >= 15 is 0 Å². The monoisotopic (exact) mass is 372 g/mol. The molecule has 2 aromatic rings. The molecule has 0 atom stereocenters. The summed E-state index contributed by atoms with van der Waals surface area (Å²) in [6.45, 7) is 4.96. The van der Waals surface area contributed by atoms with Gasteiger partial charge in [-0.05, 0) is 50.7 Å². The fourth-order valence-electron chi connectivity index (χ4n) is 3.25. The van der Waals surface area contributed by atoms with Gasteiger partial charge in [0, 0.05) is 35.3 Å². The van der Waals surface area contributed by atoms with E-state index in [1.165, 1.54) is 37.1 Å². The fourth-order valence-corrected chi connectivity index (χ4v) is 4.15. The largest absolute Gasteiger partial charge is 0.269 e.